The molecule has 0 bridgehead atoms. The quantitative estimate of drug-likeness (QED) is 0.481. The normalized spacial score (nSPS) is 10.5. The standard InChI is InChI=1S/C15H13N5O4/c1-7-6-16-20-11(7)8-2-4-9(5-3-8)17-12(21)10-13(22)18-15(24)19-14(10)23/h2-6H,1H3,(H,16,20)(H,17,21)(H3,18,19,22,23,24). The molecule has 2 heterocycles. The first-order chi connectivity index (χ1) is 11.5. The molecule has 0 atom stereocenters. The topological polar surface area (TPSA) is 144 Å². The molecule has 3 aromatic rings. The summed E-state index contributed by atoms with van der Waals surface area (Å²) < 4.78 is 0. The first-order valence-corrected chi connectivity index (χ1v) is 6.93. The van der Waals surface area contributed by atoms with E-state index >= 15 is 0 Å². The van der Waals surface area contributed by atoms with Crippen LogP contribution >= 0.6 is 0 Å². The van der Waals surface area contributed by atoms with Crippen molar-refractivity contribution in [2.24, 2.45) is 0 Å². The molecule has 0 aliphatic heterocycles. The van der Waals surface area contributed by atoms with Crippen LogP contribution in [0.15, 0.2) is 40.1 Å². The molecule has 2 aromatic heterocycles. The minimum atomic E-state index is -0.974. The molecule has 3 rings (SSSR count). The van der Waals surface area contributed by atoms with E-state index in [4.69, 9.17) is 0 Å². The number of aromatic hydroxyl groups is 1. The molecule has 0 aliphatic carbocycles. The minimum absolute atomic E-state index is 0.422. The molecule has 0 saturated heterocycles. The van der Waals surface area contributed by atoms with Crippen molar-refractivity contribution >= 4 is 11.6 Å². The van der Waals surface area contributed by atoms with Crippen LogP contribution in [-0.4, -0.2) is 31.2 Å². The highest BCUT2D eigenvalue weighted by Crippen LogP contribution is 2.22. The average molecular weight is 327 g/mol. The lowest BCUT2D eigenvalue weighted by Gasteiger charge is -2.07. The Morgan fingerprint density at radius 1 is 1.17 bits per heavy atom. The van der Waals surface area contributed by atoms with Gasteiger partial charge < -0.3 is 10.4 Å². The van der Waals surface area contributed by atoms with Crippen LogP contribution in [0.4, 0.5) is 5.69 Å². The second-order valence-corrected chi connectivity index (χ2v) is 5.09. The minimum Gasteiger partial charge on any atom is -0.494 e. The van der Waals surface area contributed by atoms with Gasteiger partial charge in [0.2, 0.25) is 5.88 Å². The van der Waals surface area contributed by atoms with E-state index in [0.717, 1.165) is 16.8 Å². The summed E-state index contributed by atoms with van der Waals surface area (Å²) in [6.45, 7) is 1.92. The molecule has 0 unspecified atom stereocenters. The number of carbonyl (C=O) groups is 1. The zero-order chi connectivity index (χ0) is 17.3. The second kappa shape index (κ2) is 5.88. The van der Waals surface area contributed by atoms with Crippen molar-refractivity contribution in [1.82, 2.24) is 20.2 Å². The lowest BCUT2D eigenvalue weighted by atomic mass is 10.1. The van der Waals surface area contributed by atoms with E-state index in [1.807, 2.05) is 16.9 Å². The molecule has 0 radical (unpaired) electrons. The van der Waals surface area contributed by atoms with Crippen molar-refractivity contribution in [3.8, 4) is 17.1 Å². The predicted molar refractivity (Wildman–Crippen MR) is 86.1 cm³/mol. The number of amides is 1. The lowest BCUT2D eigenvalue weighted by molar-refractivity contribution is 0.102. The molecular formula is C15H13N5O4. The summed E-state index contributed by atoms with van der Waals surface area (Å²) in [5.74, 6) is -1.62. The van der Waals surface area contributed by atoms with Crippen LogP contribution in [0.1, 0.15) is 15.9 Å². The molecule has 5 N–H and O–H groups in total. The van der Waals surface area contributed by atoms with Gasteiger partial charge in [0.25, 0.3) is 11.5 Å². The van der Waals surface area contributed by atoms with Gasteiger partial charge in [-0.1, -0.05) is 12.1 Å². The summed E-state index contributed by atoms with van der Waals surface area (Å²) in [5.41, 5.74) is 0.715. The van der Waals surface area contributed by atoms with Gasteiger partial charge in [0, 0.05) is 5.69 Å². The van der Waals surface area contributed by atoms with Crippen molar-refractivity contribution in [2.75, 3.05) is 5.32 Å². The van der Waals surface area contributed by atoms with Gasteiger partial charge in [-0.3, -0.25) is 24.7 Å². The average Bonchev–Trinajstić information content (AvgIpc) is 2.93. The van der Waals surface area contributed by atoms with Crippen LogP contribution in [0.5, 0.6) is 5.88 Å². The smallest absolute Gasteiger partial charge is 0.328 e. The number of aryl methyl sites for hydroxylation is 1. The predicted octanol–water partition coefficient (Wildman–Crippen LogP) is 0.720. The van der Waals surface area contributed by atoms with E-state index in [2.05, 4.69) is 15.5 Å². The fourth-order valence-electron chi connectivity index (χ4n) is 2.24. The Balaban J connectivity index is 1.84. The van der Waals surface area contributed by atoms with Gasteiger partial charge in [0.15, 0.2) is 5.56 Å². The Bertz CT molecular complexity index is 1010. The number of H-pyrrole nitrogens is 3. The summed E-state index contributed by atoms with van der Waals surface area (Å²) in [7, 11) is 0. The number of anilines is 1. The molecule has 1 aromatic carbocycles. The first-order valence-electron chi connectivity index (χ1n) is 6.93. The van der Waals surface area contributed by atoms with Gasteiger partial charge >= 0.3 is 5.69 Å². The van der Waals surface area contributed by atoms with E-state index in [1.165, 1.54) is 0 Å². The van der Waals surface area contributed by atoms with Gasteiger partial charge in [-0.25, -0.2) is 4.79 Å². The number of benzene rings is 1. The summed E-state index contributed by atoms with van der Waals surface area (Å²) in [6, 6.07) is 6.83. The van der Waals surface area contributed by atoms with Gasteiger partial charge in [-0.2, -0.15) is 5.10 Å². The zero-order valence-electron chi connectivity index (χ0n) is 12.5. The number of hydrogen-bond donors (Lipinski definition) is 5. The SMILES string of the molecule is Cc1cn[nH]c1-c1ccc(NC(=O)c2c(O)[nH]c(=O)[nH]c2=O)cc1. The fourth-order valence-corrected chi connectivity index (χ4v) is 2.24. The van der Waals surface area contributed by atoms with Crippen molar-refractivity contribution in [3.63, 3.8) is 0 Å². The number of nitrogens with one attached hydrogen (secondary N) is 4. The third kappa shape index (κ3) is 2.82. The van der Waals surface area contributed by atoms with E-state index < -0.39 is 28.6 Å². The molecule has 24 heavy (non-hydrogen) atoms. The van der Waals surface area contributed by atoms with E-state index in [9.17, 15) is 19.5 Å². The third-order valence-electron chi connectivity index (χ3n) is 3.41. The van der Waals surface area contributed by atoms with Crippen LogP contribution in [0.2, 0.25) is 0 Å². The number of hydrogen-bond acceptors (Lipinski definition) is 5. The molecule has 122 valence electrons. The Kier molecular flexibility index (Phi) is 3.74. The molecule has 9 heteroatoms. The maximum Gasteiger partial charge on any atom is 0.328 e. The Labute approximate surface area is 134 Å². The van der Waals surface area contributed by atoms with Gasteiger partial charge in [0.05, 0.1) is 11.9 Å². The summed E-state index contributed by atoms with van der Waals surface area (Å²) >= 11 is 0. The van der Waals surface area contributed by atoms with Crippen LogP contribution in [0.3, 0.4) is 0 Å². The van der Waals surface area contributed by atoms with Crippen LogP contribution in [0.25, 0.3) is 11.3 Å². The molecular weight excluding hydrogens is 314 g/mol. The molecule has 0 aliphatic rings. The number of rotatable bonds is 3. The fraction of sp³-hybridized carbons (Fsp3) is 0.0667. The first kappa shape index (κ1) is 15.3. The largest absolute Gasteiger partial charge is 0.494 e. The number of nitrogens with zero attached hydrogens (tertiary/aromatic N) is 1. The molecule has 0 spiro atoms. The van der Waals surface area contributed by atoms with Crippen LogP contribution in [0, 0.1) is 6.92 Å². The van der Waals surface area contributed by atoms with Gasteiger partial charge in [0.1, 0.15) is 0 Å². The monoisotopic (exact) mass is 327 g/mol. The molecule has 9 nitrogen and oxygen atoms in total. The van der Waals surface area contributed by atoms with E-state index in [1.54, 1.807) is 30.5 Å². The second-order valence-electron chi connectivity index (χ2n) is 5.09. The Morgan fingerprint density at radius 2 is 1.88 bits per heavy atom. The molecule has 1 amide bonds. The van der Waals surface area contributed by atoms with Crippen LogP contribution in [-0.2, 0) is 0 Å². The highest BCUT2D eigenvalue weighted by molar-refractivity contribution is 6.05. The van der Waals surface area contributed by atoms with Crippen molar-refractivity contribution in [3.05, 3.63) is 62.4 Å². The van der Waals surface area contributed by atoms with Crippen molar-refractivity contribution in [1.29, 1.82) is 0 Å². The van der Waals surface area contributed by atoms with Crippen molar-refractivity contribution < 1.29 is 9.90 Å². The zero-order valence-corrected chi connectivity index (χ0v) is 12.5. The number of carbonyl (C=O) groups excluding carboxylic acids is 1. The third-order valence-corrected chi connectivity index (χ3v) is 3.41. The molecule has 0 fully saturated rings. The van der Waals surface area contributed by atoms with Gasteiger partial charge in [-0.15, -0.1) is 0 Å². The molecule has 0 saturated carbocycles. The van der Waals surface area contributed by atoms with E-state index in [0.29, 0.717) is 5.69 Å². The summed E-state index contributed by atoms with van der Waals surface area (Å²) in [5, 5.41) is 18.9. The van der Waals surface area contributed by atoms with Gasteiger partial charge in [-0.05, 0) is 30.2 Å². The lowest BCUT2D eigenvalue weighted by Crippen LogP contribution is -2.30. The summed E-state index contributed by atoms with van der Waals surface area (Å²) in [6.07, 6.45) is 1.70. The number of aromatic nitrogens is 4. The Hall–Kier alpha value is -3.62. The highest BCUT2D eigenvalue weighted by Gasteiger charge is 2.17. The summed E-state index contributed by atoms with van der Waals surface area (Å²) in [4.78, 5) is 38.6. The maximum atomic E-state index is 12.1. The Morgan fingerprint density at radius 3 is 2.46 bits per heavy atom. The van der Waals surface area contributed by atoms with Crippen LogP contribution < -0.4 is 16.6 Å². The highest BCUT2D eigenvalue weighted by atomic mass is 16.3. The maximum absolute atomic E-state index is 12.1. The number of aromatic amines is 3. The van der Waals surface area contributed by atoms with Crippen molar-refractivity contribution in [2.45, 2.75) is 6.92 Å². The van der Waals surface area contributed by atoms with E-state index in [-0.39, 0.29) is 0 Å².